The van der Waals surface area contributed by atoms with E-state index in [1.165, 1.54) is 31.4 Å². The number of aromatic nitrogens is 2. The van der Waals surface area contributed by atoms with E-state index in [1.54, 1.807) is 0 Å². The Morgan fingerprint density at radius 1 is 0.804 bits per heavy atom. The Labute approximate surface area is 339 Å². The van der Waals surface area contributed by atoms with Crippen molar-refractivity contribution in [3.8, 4) is 0 Å². The zero-order valence-electron chi connectivity index (χ0n) is 36.8. The van der Waals surface area contributed by atoms with Crippen LogP contribution in [-0.4, -0.2) is 57.4 Å². The molecule has 2 saturated carbocycles. The van der Waals surface area contributed by atoms with Crippen molar-refractivity contribution in [1.29, 1.82) is 0 Å². The third-order valence-electron chi connectivity index (χ3n) is 13.4. The Kier molecular flexibility index (Phi) is 18.6. The zero-order chi connectivity index (χ0) is 41.7. The van der Waals surface area contributed by atoms with Crippen LogP contribution in [-0.2, 0) is 19.2 Å². The van der Waals surface area contributed by atoms with Gasteiger partial charge in [-0.25, -0.2) is 4.98 Å². The second-order valence-corrected chi connectivity index (χ2v) is 18.9. The van der Waals surface area contributed by atoms with Crippen molar-refractivity contribution in [2.75, 3.05) is 0 Å². The minimum absolute atomic E-state index is 0.00673. The minimum Gasteiger partial charge on any atom is -0.353 e. The van der Waals surface area contributed by atoms with Crippen molar-refractivity contribution in [3.05, 3.63) is 24.3 Å². The van der Waals surface area contributed by atoms with Crippen LogP contribution >= 0.6 is 0 Å². The van der Waals surface area contributed by atoms with Gasteiger partial charge < -0.3 is 16.0 Å². The van der Waals surface area contributed by atoms with Gasteiger partial charge in [-0.15, -0.1) is 0 Å². The van der Waals surface area contributed by atoms with Gasteiger partial charge in [-0.3, -0.25) is 29.0 Å². The lowest BCUT2D eigenvalue weighted by Gasteiger charge is -2.35. The molecular formula is C46H77N5O5. The summed E-state index contributed by atoms with van der Waals surface area (Å²) in [7, 11) is 0. The van der Waals surface area contributed by atoms with Crippen LogP contribution in [0.3, 0.4) is 0 Å². The summed E-state index contributed by atoms with van der Waals surface area (Å²) in [4.78, 5) is 76.9. The van der Waals surface area contributed by atoms with Crippen molar-refractivity contribution in [2.24, 2.45) is 58.7 Å². The summed E-state index contributed by atoms with van der Waals surface area (Å²) in [6.07, 6.45) is 16.3. The summed E-state index contributed by atoms with van der Waals surface area (Å²) in [5, 5.41) is 9.29. The van der Waals surface area contributed by atoms with Gasteiger partial charge in [-0.1, -0.05) is 114 Å². The lowest BCUT2D eigenvalue weighted by atomic mass is 9.76. The zero-order valence-corrected chi connectivity index (χ0v) is 36.8. The molecule has 10 nitrogen and oxygen atoms in total. The highest BCUT2D eigenvalue weighted by atomic mass is 16.2. The molecule has 0 spiro atoms. The number of nitrogens with zero attached hydrogens (tertiary/aromatic N) is 2. The molecule has 3 N–H and O–H groups in total. The summed E-state index contributed by atoms with van der Waals surface area (Å²) in [6.45, 7) is 22.3. The standard InChI is InChI=1S/C46H77N5O5/c1-12-16-35(17-13-2)40(50-44(55)38-27-47-22-23-48-38)45(56)51-42(46(9,10)11)39(52)26-33(14-3)25-36-18-15-19-37(36)31(7)43(54)49-32(8)30(6)41(53)29(5)28(4)24-34-20-21-34/h22-23,27-37,40,42H,12-21,24-26H2,1-11H3,(H,49,54)(H,50,55)(H,51,56). The Hall–Kier alpha value is -3.17. The van der Waals surface area contributed by atoms with Gasteiger partial charge in [0.15, 0.2) is 5.78 Å². The molecule has 1 aromatic heterocycles. The predicted octanol–water partition coefficient (Wildman–Crippen LogP) is 8.53. The average molecular weight is 780 g/mol. The summed E-state index contributed by atoms with van der Waals surface area (Å²) < 4.78 is 0. The first-order chi connectivity index (χ1) is 26.4. The second-order valence-electron chi connectivity index (χ2n) is 18.9. The largest absolute Gasteiger partial charge is 0.353 e. The molecule has 3 rings (SSSR count). The fourth-order valence-electron chi connectivity index (χ4n) is 9.20. The van der Waals surface area contributed by atoms with Crippen LogP contribution in [0.25, 0.3) is 0 Å². The number of rotatable bonds is 24. The highest BCUT2D eigenvalue weighted by molar-refractivity contribution is 5.97. The molecule has 2 fully saturated rings. The molecule has 0 aromatic carbocycles. The molecule has 1 aromatic rings. The van der Waals surface area contributed by atoms with E-state index in [2.05, 4.69) is 60.5 Å². The first-order valence-corrected chi connectivity index (χ1v) is 22.2. The molecule has 3 amide bonds. The minimum atomic E-state index is -0.820. The van der Waals surface area contributed by atoms with Crippen molar-refractivity contribution in [2.45, 2.75) is 178 Å². The molecule has 0 aliphatic heterocycles. The Morgan fingerprint density at radius 2 is 1.46 bits per heavy atom. The molecule has 2 aliphatic rings. The van der Waals surface area contributed by atoms with Crippen LogP contribution in [0.15, 0.2) is 18.6 Å². The molecular weight excluding hydrogens is 703 g/mol. The number of nitrogens with one attached hydrogen (secondary N) is 3. The van der Waals surface area contributed by atoms with Gasteiger partial charge in [0, 0.05) is 42.6 Å². The summed E-state index contributed by atoms with van der Waals surface area (Å²) >= 11 is 0. The van der Waals surface area contributed by atoms with Gasteiger partial charge in [-0.05, 0) is 80.0 Å². The molecule has 10 atom stereocenters. The smallest absolute Gasteiger partial charge is 0.272 e. The second kappa shape index (κ2) is 22.1. The van der Waals surface area contributed by atoms with E-state index in [4.69, 9.17) is 0 Å². The topological polar surface area (TPSA) is 147 Å². The van der Waals surface area contributed by atoms with E-state index < -0.39 is 23.4 Å². The van der Waals surface area contributed by atoms with Gasteiger partial charge in [0.25, 0.3) is 5.91 Å². The van der Waals surface area contributed by atoms with E-state index in [1.807, 2.05) is 41.5 Å². The van der Waals surface area contributed by atoms with Crippen LogP contribution in [0.4, 0.5) is 0 Å². The predicted molar refractivity (Wildman–Crippen MR) is 223 cm³/mol. The van der Waals surface area contributed by atoms with Crippen molar-refractivity contribution in [3.63, 3.8) is 0 Å². The van der Waals surface area contributed by atoms with Crippen molar-refractivity contribution < 1.29 is 24.0 Å². The summed E-state index contributed by atoms with van der Waals surface area (Å²) in [6, 6.07) is -1.80. The molecule has 0 bridgehead atoms. The van der Waals surface area contributed by atoms with E-state index >= 15 is 0 Å². The Bertz CT molecular complexity index is 1420. The monoisotopic (exact) mass is 780 g/mol. The normalized spacial score (nSPS) is 21.6. The number of hydrogen-bond donors (Lipinski definition) is 3. The number of carbonyl (C=O) groups is 5. The molecule has 0 radical (unpaired) electrons. The van der Waals surface area contributed by atoms with Gasteiger partial charge in [-0.2, -0.15) is 0 Å². The molecule has 316 valence electrons. The molecule has 0 saturated heterocycles. The first kappa shape index (κ1) is 47.2. The number of Topliss-reactive ketones (excluding diaryl/α,β-unsaturated/α-hetero) is 2. The van der Waals surface area contributed by atoms with Gasteiger partial charge in [0.2, 0.25) is 11.8 Å². The van der Waals surface area contributed by atoms with Gasteiger partial charge in [0.1, 0.15) is 17.5 Å². The Morgan fingerprint density at radius 3 is 2.02 bits per heavy atom. The first-order valence-electron chi connectivity index (χ1n) is 22.2. The van der Waals surface area contributed by atoms with E-state index in [9.17, 15) is 24.0 Å². The average Bonchev–Trinajstić information content (AvgIpc) is 3.87. The van der Waals surface area contributed by atoms with Crippen molar-refractivity contribution >= 4 is 29.3 Å². The summed E-state index contributed by atoms with van der Waals surface area (Å²) in [5.74, 6) is 0.654. The van der Waals surface area contributed by atoms with Gasteiger partial charge >= 0.3 is 0 Å². The molecule has 10 heteroatoms. The lowest BCUT2D eigenvalue weighted by Crippen LogP contribution is -2.57. The van der Waals surface area contributed by atoms with Gasteiger partial charge in [0.05, 0.1) is 12.2 Å². The fourth-order valence-corrected chi connectivity index (χ4v) is 9.20. The van der Waals surface area contributed by atoms with Crippen LogP contribution in [0.2, 0.25) is 0 Å². The van der Waals surface area contributed by atoms with Crippen LogP contribution < -0.4 is 16.0 Å². The Balaban J connectivity index is 1.67. The lowest BCUT2D eigenvalue weighted by molar-refractivity contribution is -0.132. The summed E-state index contributed by atoms with van der Waals surface area (Å²) in [5.41, 5.74) is -0.415. The number of ketones is 2. The number of amides is 3. The fraction of sp³-hybridized carbons (Fsp3) is 0.804. The molecule has 2 aliphatic carbocycles. The quantitative estimate of drug-likeness (QED) is 0.0953. The van der Waals surface area contributed by atoms with Crippen molar-refractivity contribution in [1.82, 2.24) is 25.9 Å². The third kappa shape index (κ3) is 13.7. The maximum atomic E-state index is 14.3. The maximum absolute atomic E-state index is 14.3. The highest BCUT2D eigenvalue weighted by Gasteiger charge is 2.40. The van der Waals surface area contributed by atoms with E-state index in [0.29, 0.717) is 18.3 Å². The third-order valence-corrected chi connectivity index (χ3v) is 13.4. The highest BCUT2D eigenvalue weighted by Crippen LogP contribution is 2.42. The maximum Gasteiger partial charge on any atom is 0.272 e. The van der Waals surface area contributed by atoms with Crippen LogP contribution in [0, 0.1) is 58.7 Å². The SMILES string of the molecule is CCCC(CCC)C(NC(=O)c1cnccn1)C(=O)NC(C(=O)CC(CC)CC1CCCC1C(C)C(=O)NC(C)C(C)C(=O)C(C)C(C)CC1CC1)C(C)(C)C. The van der Waals surface area contributed by atoms with E-state index in [0.717, 1.165) is 70.1 Å². The van der Waals surface area contributed by atoms with Crippen LogP contribution in [0.5, 0.6) is 0 Å². The number of hydrogen-bond acceptors (Lipinski definition) is 7. The molecule has 10 unspecified atom stereocenters. The van der Waals surface area contributed by atoms with Crippen LogP contribution in [0.1, 0.15) is 170 Å². The molecule has 1 heterocycles. The molecule has 56 heavy (non-hydrogen) atoms. The van der Waals surface area contributed by atoms with E-state index in [-0.39, 0.29) is 70.6 Å². The number of carbonyl (C=O) groups excluding carboxylic acids is 5.